The molecule has 0 saturated carbocycles. The highest BCUT2D eigenvalue weighted by Crippen LogP contribution is 2.46. The van der Waals surface area contributed by atoms with E-state index in [0.717, 1.165) is 0 Å². The third-order valence-corrected chi connectivity index (χ3v) is 4.25. The van der Waals surface area contributed by atoms with Crippen molar-refractivity contribution in [2.24, 2.45) is 0 Å². The van der Waals surface area contributed by atoms with E-state index in [1.807, 2.05) is 0 Å². The Labute approximate surface area is 101 Å². The molecule has 0 atom stereocenters. The SMILES string of the molecule is C=C(C)C(=O)c1ccccc1P(=O)(OC)OC. The smallest absolute Gasteiger partial charge is 0.309 e. The number of benzene rings is 1. The van der Waals surface area contributed by atoms with Gasteiger partial charge in [0.05, 0.1) is 5.30 Å². The van der Waals surface area contributed by atoms with Crippen LogP contribution in [-0.4, -0.2) is 20.0 Å². The van der Waals surface area contributed by atoms with Gasteiger partial charge in [-0.2, -0.15) is 0 Å². The van der Waals surface area contributed by atoms with Crippen LogP contribution in [0.5, 0.6) is 0 Å². The van der Waals surface area contributed by atoms with Crippen LogP contribution in [0.1, 0.15) is 17.3 Å². The molecule has 0 heterocycles. The molecule has 0 unspecified atom stereocenters. The highest BCUT2D eigenvalue weighted by molar-refractivity contribution is 7.62. The first kappa shape index (κ1) is 13.8. The van der Waals surface area contributed by atoms with Crippen LogP contribution in [0.4, 0.5) is 0 Å². The number of Topliss-reactive ketones (excluding diaryl/α,β-unsaturated/α-hetero) is 1. The summed E-state index contributed by atoms with van der Waals surface area (Å²) in [5.41, 5.74) is 0.670. The average molecular weight is 254 g/mol. The molecule has 0 fully saturated rings. The van der Waals surface area contributed by atoms with Gasteiger partial charge < -0.3 is 9.05 Å². The number of carbonyl (C=O) groups excluding carboxylic acids is 1. The predicted octanol–water partition coefficient (Wildman–Crippen LogP) is 2.56. The van der Waals surface area contributed by atoms with E-state index in [0.29, 0.717) is 11.1 Å². The van der Waals surface area contributed by atoms with E-state index in [2.05, 4.69) is 6.58 Å². The lowest BCUT2D eigenvalue weighted by Gasteiger charge is -2.16. The van der Waals surface area contributed by atoms with E-state index in [1.165, 1.54) is 14.2 Å². The summed E-state index contributed by atoms with van der Waals surface area (Å²) < 4.78 is 22.1. The maximum absolute atomic E-state index is 12.3. The lowest BCUT2D eigenvalue weighted by molar-refractivity contribution is 0.103. The molecule has 0 amide bonds. The molecule has 1 aromatic carbocycles. The molecule has 0 aliphatic carbocycles. The molecule has 4 nitrogen and oxygen atoms in total. The zero-order valence-electron chi connectivity index (χ0n) is 10.1. The molecular weight excluding hydrogens is 239 g/mol. The first-order valence-corrected chi connectivity index (χ1v) is 6.52. The molecule has 0 N–H and O–H groups in total. The van der Waals surface area contributed by atoms with Gasteiger partial charge in [0.25, 0.3) is 0 Å². The fourth-order valence-corrected chi connectivity index (χ4v) is 2.69. The fourth-order valence-electron chi connectivity index (χ4n) is 1.41. The van der Waals surface area contributed by atoms with Gasteiger partial charge in [0.15, 0.2) is 5.78 Å². The van der Waals surface area contributed by atoms with Crippen LogP contribution < -0.4 is 5.30 Å². The summed E-state index contributed by atoms with van der Waals surface area (Å²) in [6, 6.07) is 6.51. The van der Waals surface area contributed by atoms with Gasteiger partial charge in [0.1, 0.15) is 0 Å². The lowest BCUT2D eigenvalue weighted by atomic mass is 10.1. The Hall–Kier alpha value is -1.22. The maximum atomic E-state index is 12.3. The molecule has 0 bridgehead atoms. The minimum Gasteiger partial charge on any atom is -0.309 e. The van der Waals surface area contributed by atoms with Gasteiger partial charge in [0.2, 0.25) is 0 Å². The molecule has 0 spiro atoms. The molecule has 1 rings (SSSR count). The summed E-state index contributed by atoms with van der Waals surface area (Å²) in [6.07, 6.45) is 0. The van der Waals surface area contributed by atoms with Crippen LogP contribution in [0.15, 0.2) is 36.4 Å². The highest BCUT2D eigenvalue weighted by Gasteiger charge is 2.29. The first-order valence-electron chi connectivity index (χ1n) is 4.97. The van der Waals surface area contributed by atoms with Crippen LogP contribution in [0.2, 0.25) is 0 Å². The number of carbonyl (C=O) groups is 1. The van der Waals surface area contributed by atoms with Crippen molar-refractivity contribution in [3.8, 4) is 0 Å². The highest BCUT2D eigenvalue weighted by atomic mass is 31.2. The summed E-state index contributed by atoms with van der Waals surface area (Å²) in [7, 11) is -0.859. The third kappa shape index (κ3) is 2.72. The zero-order valence-corrected chi connectivity index (χ0v) is 11.0. The van der Waals surface area contributed by atoms with Crippen LogP contribution in [0, 0.1) is 0 Å². The van der Waals surface area contributed by atoms with Crippen molar-refractivity contribution in [2.75, 3.05) is 14.2 Å². The third-order valence-electron chi connectivity index (χ3n) is 2.31. The number of allylic oxidation sites excluding steroid dienone is 1. The minimum absolute atomic E-state index is 0.262. The van der Waals surface area contributed by atoms with Gasteiger partial charge in [-0.15, -0.1) is 0 Å². The van der Waals surface area contributed by atoms with Crippen LogP contribution in [-0.2, 0) is 13.6 Å². The lowest BCUT2D eigenvalue weighted by Crippen LogP contribution is -2.18. The topological polar surface area (TPSA) is 52.6 Å². The van der Waals surface area contributed by atoms with Crippen molar-refractivity contribution in [1.29, 1.82) is 0 Å². The minimum atomic E-state index is -3.43. The van der Waals surface area contributed by atoms with Crippen LogP contribution in [0.25, 0.3) is 0 Å². The van der Waals surface area contributed by atoms with Crippen LogP contribution in [0.3, 0.4) is 0 Å². The largest absolute Gasteiger partial charge is 0.361 e. The van der Waals surface area contributed by atoms with Crippen molar-refractivity contribution in [1.82, 2.24) is 0 Å². The van der Waals surface area contributed by atoms with Crippen molar-refractivity contribution in [3.63, 3.8) is 0 Å². The Bertz CT molecular complexity index is 485. The molecule has 5 heteroatoms. The van der Waals surface area contributed by atoms with Gasteiger partial charge in [-0.1, -0.05) is 24.8 Å². The van der Waals surface area contributed by atoms with E-state index in [1.54, 1.807) is 31.2 Å². The summed E-state index contributed by atoms with van der Waals surface area (Å²) in [5, 5.41) is 0.262. The molecule has 92 valence electrons. The zero-order chi connectivity index (χ0) is 13.1. The van der Waals surface area contributed by atoms with E-state index in [4.69, 9.17) is 9.05 Å². The summed E-state index contributed by atoms with van der Waals surface area (Å²) in [6.45, 7) is 5.19. The Morgan fingerprint density at radius 2 is 1.76 bits per heavy atom. The van der Waals surface area contributed by atoms with Crippen molar-refractivity contribution in [3.05, 3.63) is 42.0 Å². The van der Waals surface area contributed by atoms with Crippen molar-refractivity contribution >= 4 is 18.7 Å². The Morgan fingerprint density at radius 1 is 1.24 bits per heavy atom. The second-order valence-corrected chi connectivity index (χ2v) is 5.70. The summed E-state index contributed by atoms with van der Waals surface area (Å²) in [4.78, 5) is 11.9. The Kier molecular flexibility index (Phi) is 4.40. The summed E-state index contributed by atoms with van der Waals surface area (Å²) in [5.74, 6) is -0.269. The molecule has 1 aromatic rings. The second kappa shape index (κ2) is 5.41. The standard InChI is InChI=1S/C12H15O4P/c1-9(2)12(13)10-7-5-6-8-11(10)17(14,15-3)16-4/h5-8H,1H2,2-4H3. The second-order valence-electron chi connectivity index (χ2n) is 3.49. The number of hydrogen-bond donors (Lipinski definition) is 0. The van der Waals surface area contributed by atoms with E-state index >= 15 is 0 Å². The predicted molar refractivity (Wildman–Crippen MR) is 66.8 cm³/mol. The molecular formula is C12H15O4P. The number of hydrogen-bond acceptors (Lipinski definition) is 4. The Balaban J connectivity index is 3.40. The van der Waals surface area contributed by atoms with Crippen molar-refractivity contribution < 1.29 is 18.4 Å². The normalized spacial score (nSPS) is 11.2. The molecule has 0 aliphatic rings. The van der Waals surface area contributed by atoms with Gasteiger partial charge >= 0.3 is 7.60 Å². The summed E-state index contributed by atoms with van der Waals surface area (Å²) >= 11 is 0. The van der Waals surface area contributed by atoms with Crippen molar-refractivity contribution in [2.45, 2.75) is 6.92 Å². The number of ketones is 1. The van der Waals surface area contributed by atoms with E-state index < -0.39 is 7.60 Å². The monoisotopic (exact) mass is 254 g/mol. The van der Waals surface area contributed by atoms with E-state index in [-0.39, 0.29) is 11.1 Å². The van der Waals surface area contributed by atoms with Gasteiger partial charge in [-0.05, 0) is 18.6 Å². The quantitative estimate of drug-likeness (QED) is 0.460. The van der Waals surface area contributed by atoms with Gasteiger partial charge in [-0.25, -0.2) is 0 Å². The van der Waals surface area contributed by atoms with Gasteiger partial charge in [-0.3, -0.25) is 9.36 Å². The van der Waals surface area contributed by atoms with E-state index in [9.17, 15) is 9.36 Å². The number of rotatable bonds is 5. The molecule has 0 radical (unpaired) electrons. The fraction of sp³-hybridized carbons (Fsp3) is 0.250. The molecule has 17 heavy (non-hydrogen) atoms. The molecule has 0 aliphatic heterocycles. The molecule has 0 aromatic heterocycles. The average Bonchev–Trinajstić information content (AvgIpc) is 2.36. The first-order chi connectivity index (χ1) is 7.96. The Morgan fingerprint density at radius 3 is 2.24 bits per heavy atom. The van der Waals surface area contributed by atoms with Crippen LogP contribution >= 0.6 is 7.60 Å². The molecule has 0 saturated heterocycles. The maximum Gasteiger partial charge on any atom is 0.361 e. The van der Waals surface area contributed by atoms with Gasteiger partial charge in [0, 0.05) is 19.8 Å².